The maximum atomic E-state index is 13.9. The Balaban J connectivity index is 1.73. The number of rotatable bonds is 4. The van der Waals surface area contributed by atoms with Crippen LogP contribution in [0.15, 0.2) is 24.4 Å². The summed E-state index contributed by atoms with van der Waals surface area (Å²) in [4.78, 5) is 23.5. The molecule has 0 spiro atoms. The summed E-state index contributed by atoms with van der Waals surface area (Å²) in [7, 11) is 0. The van der Waals surface area contributed by atoms with Gasteiger partial charge in [-0.05, 0) is 44.7 Å². The van der Waals surface area contributed by atoms with Crippen molar-refractivity contribution in [3.05, 3.63) is 47.3 Å². The molecule has 1 fully saturated rings. The van der Waals surface area contributed by atoms with Crippen molar-refractivity contribution in [1.29, 1.82) is 0 Å². The molecule has 0 aliphatic heterocycles. The van der Waals surface area contributed by atoms with Crippen LogP contribution < -0.4 is 5.32 Å². The zero-order valence-electron chi connectivity index (χ0n) is 14.2. The molecule has 1 aliphatic carbocycles. The molecule has 8 heteroatoms. The van der Waals surface area contributed by atoms with Crippen LogP contribution in [0.4, 0.5) is 8.78 Å². The van der Waals surface area contributed by atoms with E-state index in [2.05, 4.69) is 10.4 Å². The van der Waals surface area contributed by atoms with Gasteiger partial charge >= 0.3 is 5.97 Å². The van der Waals surface area contributed by atoms with Gasteiger partial charge in [-0.3, -0.25) is 9.59 Å². The Morgan fingerprint density at radius 3 is 2.38 bits per heavy atom. The Bertz CT molecular complexity index is 822. The van der Waals surface area contributed by atoms with Crippen LogP contribution in [0, 0.1) is 24.5 Å². The highest BCUT2D eigenvalue weighted by molar-refractivity contribution is 5.93. The van der Waals surface area contributed by atoms with Gasteiger partial charge in [-0.25, -0.2) is 13.5 Å². The molecule has 1 amide bonds. The summed E-state index contributed by atoms with van der Waals surface area (Å²) in [6, 6.07) is 3.37. The molecule has 0 saturated heterocycles. The van der Waals surface area contributed by atoms with Crippen LogP contribution in [0.5, 0.6) is 0 Å². The maximum Gasteiger partial charge on any atom is 0.306 e. The molecule has 6 nitrogen and oxygen atoms in total. The summed E-state index contributed by atoms with van der Waals surface area (Å²) in [5, 5.41) is 15.9. The first kappa shape index (κ1) is 18.0. The SMILES string of the molecule is Cc1cn(-c2c(F)cccc2F)nc1C(=O)NC1CCC(C(=O)O)CC1. The largest absolute Gasteiger partial charge is 0.481 e. The number of halogens is 2. The van der Waals surface area contributed by atoms with Crippen LogP contribution in [0.3, 0.4) is 0 Å². The number of carbonyl (C=O) groups excluding carboxylic acids is 1. The van der Waals surface area contributed by atoms with E-state index in [1.165, 1.54) is 12.3 Å². The predicted molar refractivity (Wildman–Crippen MR) is 89.1 cm³/mol. The van der Waals surface area contributed by atoms with E-state index in [-0.39, 0.29) is 23.3 Å². The highest BCUT2D eigenvalue weighted by atomic mass is 19.1. The molecule has 0 atom stereocenters. The zero-order chi connectivity index (χ0) is 18.8. The average molecular weight is 363 g/mol. The maximum absolute atomic E-state index is 13.9. The molecule has 26 heavy (non-hydrogen) atoms. The predicted octanol–water partition coefficient (Wildman–Crippen LogP) is 2.83. The molecule has 0 radical (unpaired) electrons. The number of carboxylic acids is 1. The van der Waals surface area contributed by atoms with E-state index in [1.807, 2.05) is 0 Å². The van der Waals surface area contributed by atoms with Crippen molar-refractivity contribution in [3.63, 3.8) is 0 Å². The Kier molecular flexibility index (Phi) is 5.01. The van der Waals surface area contributed by atoms with Gasteiger partial charge in [0.1, 0.15) is 5.69 Å². The Morgan fingerprint density at radius 1 is 1.19 bits per heavy atom. The molecule has 0 unspecified atom stereocenters. The highest BCUT2D eigenvalue weighted by Crippen LogP contribution is 2.25. The molecule has 138 valence electrons. The number of para-hydroxylation sites is 1. The lowest BCUT2D eigenvalue weighted by Gasteiger charge is -2.26. The number of amides is 1. The van der Waals surface area contributed by atoms with Crippen molar-refractivity contribution >= 4 is 11.9 Å². The average Bonchev–Trinajstić information content (AvgIpc) is 2.96. The number of aryl methyl sites for hydroxylation is 1. The number of aromatic nitrogens is 2. The topological polar surface area (TPSA) is 84.2 Å². The van der Waals surface area contributed by atoms with Crippen molar-refractivity contribution < 1.29 is 23.5 Å². The molecule has 1 aromatic carbocycles. The van der Waals surface area contributed by atoms with E-state index in [9.17, 15) is 18.4 Å². The number of carbonyl (C=O) groups is 2. The highest BCUT2D eigenvalue weighted by Gasteiger charge is 2.28. The van der Waals surface area contributed by atoms with Gasteiger partial charge in [-0.2, -0.15) is 5.10 Å². The number of nitrogens with zero attached hydrogens (tertiary/aromatic N) is 2. The molecule has 0 bridgehead atoms. The molecule has 1 saturated carbocycles. The molecule has 2 N–H and O–H groups in total. The fraction of sp³-hybridized carbons (Fsp3) is 0.389. The first-order valence-corrected chi connectivity index (χ1v) is 8.41. The number of hydrogen-bond donors (Lipinski definition) is 2. The third-order valence-corrected chi connectivity index (χ3v) is 4.69. The second-order valence-corrected chi connectivity index (χ2v) is 6.54. The van der Waals surface area contributed by atoms with Crippen molar-refractivity contribution in [3.8, 4) is 5.69 Å². The van der Waals surface area contributed by atoms with E-state index >= 15 is 0 Å². The van der Waals surface area contributed by atoms with E-state index < -0.39 is 23.5 Å². The molecule has 3 rings (SSSR count). The lowest BCUT2D eigenvalue weighted by atomic mass is 9.86. The first-order chi connectivity index (χ1) is 12.4. The van der Waals surface area contributed by atoms with Gasteiger partial charge in [-0.1, -0.05) is 6.07 Å². The number of carboxylic acid groups (broad SMARTS) is 1. The molecular formula is C18H19F2N3O3. The van der Waals surface area contributed by atoms with E-state index in [4.69, 9.17) is 5.11 Å². The van der Waals surface area contributed by atoms with Crippen molar-refractivity contribution in [2.75, 3.05) is 0 Å². The Morgan fingerprint density at radius 2 is 1.81 bits per heavy atom. The van der Waals surface area contributed by atoms with Gasteiger partial charge in [0.05, 0.1) is 5.92 Å². The van der Waals surface area contributed by atoms with E-state index in [0.717, 1.165) is 16.8 Å². The first-order valence-electron chi connectivity index (χ1n) is 8.41. The molecule has 1 aliphatic rings. The molecular weight excluding hydrogens is 344 g/mol. The van der Waals surface area contributed by atoms with Gasteiger partial charge in [-0.15, -0.1) is 0 Å². The number of benzene rings is 1. The fourth-order valence-electron chi connectivity index (χ4n) is 3.25. The fourth-order valence-corrected chi connectivity index (χ4v) is 3.25. The normalized spacial score (nSPS) is 20.0. The van der Waals surface area contributed by atoms with Crippen LogP contribution in [0.1, 0.15) is 41.7 Å². The van der Waals surface area contributed by atoms with Crippen molar-refractivity contribution in [2.24, 2.45) is 5.92 Å². The summed E-state index contributed by atoms with van der Waals surface area (Å²) < 4.78 is 28.8. The third kappa shape index (κ3) is 3.58. The van der Waals surface area contributed by atoms with Crippen LogP contribution >= 0.6 is 0 Å². The van der Waals surface area contributed by atoms with Gasteiger partial charge in [0.25, 0.3) is 5.91 Å². The summed E-state index contributed by atoms with van der Waals surface area (Å²) >= 11 is 0. The number of nitrogens with one attached hydrogen (secondary N) is 1. The number of aliphatic carboxylic acids is 1. The monoisotopic (exact) mass is 363 g/mol. The summed E-state index contributed by atoms with van der Waals surface area (Å²) in [6.07, 6.45) is 3.56. The zero-order valence-corrected chi connectivity index (χ0v) is 14.2. The smallest absolute Gasteiger partial charge is 0.306 e. The second-order valence-electron chi connectivity index (χ2n) is 6.54. The van der Waals surface area contributed by atoms with Crippen molar-refractivity contribution in [1.82, 2.24) is 15.1 Å². The summed E-state index contributed by atoms with van der Waals surface area (Å²) in [5.74, 6) is -3.15. The minimum atomic E-state index is -0.809. The molecule has 1 aromatic heterocycles. The lowest BCUT2D eigenvalue weighted by Crippen LogP contribution is -2.39. The second kappa shape index (κ2) is 7.23. The molecule has 2 aromatic rings. The van der Waals surface area contributed by atoms with Gasteiger partial charge in [0.15, 0.2) is 17.3 Å². The Hall–Kier alpha value is -2.77. The van der Waals surface area contributed by atoms with Crippen LogP contribution in [-0.4, -0.2) is 32.8 Å². The number of hydrogen-bond acceptors (Lipinski definition) is 3. The van der Waals surface area contributed by atoms with Gasteiger partial charge in [0, 0.05) is 17.8 Å². The van der Waals surface area contributed by atoms with E-state index in [1.54, 1.807) is 6.92 Å². The van der Waals surface area contributed by atoms with E-state index in [0.29, 0.717) is 31.2 Å². The lowest BCUT2D eigenvalue weighted by molar-refractivity contribution is -0.142. The van der Waals surface area contributed by atoms with Crippen molar-refractivity contribution in [2.45, 2.75) is 38.6 Å². The van der Waals surface area contributed by atoms with Crippen LogP contribution in [-0.2, 0) is 4.79 Å². The quantitative estimate of drug-likeness (QED) is 0.875. The standard InChI is InChI=1S/C18H19F2N3O3/c1-10-9-23(16-13(19)3-2-4-14(16)20)22-15(10)17(24)21-12-7-5-11(6-8-12)18(25)26/h2-4,9,11-12H,5-8H2,1H3,(H,21,24)(H,25,26). The van der Waals surface area contributed by atoms with Crippen LogP contribution in [0.25, 0.3) is 5.69 Å². The Labute approximate surface area is 148 Å². The van der Waals surface area contributed by atoms with Gasteiger partial charge < -0.3 is 10.4 Å². The third-order valence-electron chi connectivity index (χ3n) is 4.69. The summed E-state index contributed by atoms with van der Waals surface area (Å²) in [6.45, 7) is 1.64. The van der Waals surface area contributed by atoms with Gasteiger partial charge in [0.2, 0.25) is 0 Å². The molecule has 1 heterocycles. The minimum absolute atomic E-state index is 0.0908. The minimum Gasteiger partial charge on any atom is -0.481 e. The summed E-state index contributed by atoms with van der Waals surface area (Å²) in [5.41, 5.74) is 0.244. The van der Waals surface area contributed by atoms with Crippen LogP contribution in [0.2, 0.25) is 0 Å².